The molecule has 0 aliphatic heterocycles. The summed E-state index contributed by atoms with van der Waals surface area (Å²) >= 11 is 0. The number of halogens is 1. The molecule has 1 aromatic carbocycles. The van der Waals surface area contributed by atoms with Gasteiger partial charge in [-0.1, -0.05) is 19.8 Å². The molecule has 1 aliphatic rings. The molecule has 18 heavy (non-hydrogen) atoms. The highest BCUT2D eigenvalue weighted by atomic mass is 19.1. The van der Waals surface area contributed by atoms with E-state index >= 15 is 0 Å². The lowest BCUT2D eigenvalue weighted by Gasteiger charge is -2.26. The third-order valence-corrected chi connectivity index (χ3v) is 3.96. The number of amides is 1. The number of hydrogen-bond donors (Lipinski definition) is 2. The Kier molecular flexibility index (Phi) is 3.55. The monoisotopic (exact) mass is 250 g/mol. The van der Waals surface area contributed by atoms with Crippen LogP contribution in [0.25, 0.3) is 0 Å². The van der Waals surface area contributed by atoms with Gasteiger partial charge in [0.25, 0.3) is 0 Å². The van der Waals surface area contributed by atoms with Crippen LogP contribution in [0.3, 0.4) is 0 Å². The van der Waals surface area contributed by atoms with Gasteiger partial charge in [0.05, 0.1) is 5.69 Å². The largest absolute Gasteiger partial charge is 0.399 e. The summed E-state index contributed by atoms with van der Waals surface area (Å²) in [6.07, 6.45) is 4.71. The summed E-state index contributed by atoms with van der Waals surface area (Å²) in [6, 6.07) is 4.22. The Morgan fingerprint density at radius 2 is 2.11 bits per heavy atom. The summed E-state index contributed by atoms with van der Waals surface area (Å²) in [6.45, 7) is 2.01. The Hall–Kier alpha value is -1.58. The van der Waals surface area contributed by atoms with Crippen molar-refractivity contribution in [3.63, 3.8) is 0 Å². The van der Waals surface area contributed by atoms with Crippen molar-refractivity contribution < 1.29 is 9.18 Å². The zero-order valence-electron chi connectivity index (χ0n) is 10.6. The van der Waals surface area contributed by atoms with Crippen LogP contribution in [0.2, 0.25) is 0 Å². The number of nitrogens with two attached hydrogens (primary N) is 1. The molecular formula is C14H19FN2O. The van der Waals surface area contributed by atoms with E-state index in [2.05, 4.69) is 5.32 Å². The highest BCUT2D eigenvalue weighted by molar-refractivity contribution is 5.95. The second kappa shape index (κ2) is 4.96. The zero-order valence-corrected chi connectivity index (χ0v) is 10.6. The van der Waals surface area contributed by atoms with Crippen LogP contribution in [-0.2, 0) is 4.79 Å². The van der Waals surface area contributed by atoms with Crippen LogP contribution in [0.5, 0.6) is 0 Å². The molecule has 0 unspecified atom stereocenters. The maximum atomic E-state index is 13.6. The van der Waals surface area contributed by atoms with E-state index in [4.69, 9.17) is 5.73 Å². The van der Waals surface area contributed by atoms with E-state index in [9.17, 15) is 9.18 Å². The minimum Gasteiger partial charge on any atom is -0.399 e. The van der Waals surface area contributed by atoms with Crippen LogP contribution in [0.1, 0.15) is 39.0 Å². The lowest BCUT2D eigenvalue weighted by Crippen LogP contribution is -2.33. The molecule has 0 spiro atoms. The van der Waals surface area contributed by atoms with Gasteiger partial charge < -0.3 is 11.1 Å². The summed E-state index contributed by atoms with van der Waals surface area (Å²) < 4.78 is 13.6. The molecule has 1 fully saturated rings. The van der Waals surface area contributed by atoms with Crippen molar-refractivity contribution in [1.82, 2.24) is 0 Å². The fourth-order valence-electron chi connectivity index (χ4n) is 2.69. The lowest BCUT2D eigenvalue weighted by molar-refractivity contribution is -0.125. The van der Waals surface area contributed by atoms with E-state index in [0.29, 0.717) is 5.69 Å². The summed E-state index contributed by atoms with van der Waals surface area (Å²) in [5, 5.41) is 2.69. The number of rotatable bonds is 3. The average molecular weight is 250 g/mol. The minimum absolute atomic E-state index is 0.0769. The quantitative estimate of drug-likeness (QED) is 0.808. The Labute approximate surface area is 107 Å². The van der Waals surface area contributed by atoms with E-state index in [0.717, 1.165) is 32.1 Å². The molecule has 3 N–H and O–H groups in total. The molecule has 1 amide bonds. The second-order valence-corrected chi connectivity index (χ2v) is 5.03. The van der Waals surface area contributed by atoms with E-state index in [1.807, 2.05) is 6.92 Å². The standard InChI is InChI=1S/C14H19FN2O/c1-2-14(7-3-4-8-14)13(18)17-12-9-10(16)5-6-11(12)15/h5-6,9H,2-4,7-8,16H2,1H3,(H,17,18). The molecule has 0 radical (unpaired) electrons. The van der Waals surface area contributed by atoms with Gasteiger partial charge in [-0.05, 0) is 37.5 Å². The molecular weight excluding hydrogens is 231 g/mol. The fourth-order valence-corrected chi connectivity index (χ4v) is 2.69. The van der Waals surface area contributed by atoms with Crippen LogP contribution >= 0.6 is 0 Å². The van der Waals surface area contributed by atoms with E-state index in [-0.39, 0.29) is 17.0 Å². The Bertz CT molecular complexity index is 453. The van der Waals surface area contributed by atoms with Crippen LogP contribution < -0.4 is 11.1 Å². The van der Waals surface area contributed by atoms with Gasteiger partial charge in [-0.15, -0.1) is 0 Å². The second-order valence-electron chi connectivity index (χ2n) is 5.03. The van der Waals surface area contributed by atoms with Crippen molar-refractivity contribution >= 4 is 17.3 Å². The number of benzene rings is 1. The molecule has 0 bridgehead atoms. The van der Waals surface area contributed by atoms with Gasteiger partial charge in [-0.2, -0.15) is 0 Å². The topological polar surface area (TPSA) is 55.1 Å². The fraction of sp³-hybridized carbons (Fsp3) is 0.500. The molecule has 4 heteroatoms. The first-order valence-corrected chi connectivity index (χ1v) is 6.44. The molecule has 2 rings (SSSR count). The van der Waals surface area contributed by atoms with E-state index < -0.39 is 5.82 Å². The average Bonchev–Trinajstić information content (AvgIpc) is 2.84. The van der Waals surface area contributed by atoms with Gasteiger partial charge >= 0.3 is 0 Å². The Balaban J connectivity index is 2.18. The third kappa shape index (κ3) is 2.33. The van der Waals surface area contributed by atoms with Gasteiger partial charge in [-0.25, -0.2) is 4.39 Å². The van der Waals surface area contributed by atoms with Crippen LogP contribution in [0.15, 0.2) is 18.2 Å². The predicted octanol–water partition coefficient (Wildman–Crippen LogP) is 3.32. The van der Waals surface area contributed by atoms with Crippen molar-refractivity contribution in [2.75, 3.05) is 11.1 Å². The van der Waals surface area contributed by atoms with E-state index in [1.165, 1.54) is 18.2 Å². The zero-order chi connectivity index (χ0) is 13.2. The molecule has 0 saturated heterocycles. The molecule has 0 aromatic heterocycles. The smallest absolute Gasteiger partial charge is 0.230 e. The SMILES string of the molecule is CCC1(C(=O)Nc2cc(N)ccc2F)CCCC1. The molecule has 0 heterocycles. The van der Waals surface area contributed by atoms with Gasteiger partial charge in [-0.3, -0.25) is 4.79 Å². The van der Waals surface area contributed by atoms with Gasteiger partial charge in [0.1, 0.15) is 5.82 Å². The molecule has 3 nitrogen and oxygen atoms in total. The highest BCUT2D eigenvalue weighted by Gasteiger charge is 2.39. The third-order valence-electron chi connectivity index (χ3n) is 3.96. The number of carbonyl (C=O) groups excluding carboxylic acids is 1. The number of hydrogen-bond acceptors (Lipinski definition) is 2. The molecule has 1 aromatic rings. The predicted molar refractivity (Wildman–Crippen MR) is 70.6 cm³/mol. The van der Waals surface area contributed by atoms with Crippen molar-refractivity contribution in [2.45, 2.75) is 39.0 Å². The molecule has 98 valence electrons. The number of anilines is 2. The molecule has 0 atom stereocenters. The van der Waals surface area contributed by atoms with Crippen molar-refractivity contribution in [3.8, 4) is 0 Å². The van der Waals surface area contributed by atoms with Gasteiger partial charge in [0.15, 0.2) is 0 Å². The Morgan fingerprint density at radius 1 is 1.44 bits per heavy atom. The first-order valence-electron chi connectivity index (χ1n) is 6.44. The molecule has 1 saturated carbocycles. The summed E-state index contributed by atoms with van der Waals surface area (Å²) in [5.41, 5.74) is 5.91. The van der Waals surface area contributed by atoms with Gasteiger partial charge in [0, 0.05) is 11.1 Å². The van der Waals surface area contributed by atoms with Crippen LogP contribution in [-0.4, -0.2) is 5.91 Å². The first-order chi connectivity index (χ1) is 8.57. The van der Waals surface area contributed by atoms with E-state index in [1.54, 1.807) is 0 Å². The highest BCUT2D eigenvalue weighted by Crippen LogP contribution is 2.42. The maximum absolute atomic E-state index is 13.6. The van der Waals surface area contributed by atoms with Crippen molar-refractivity contribution in [3.05, 3.63) is 24.0 Å². The van der Waals surface area contributed by atoms with Crippen LogP contribution in [0.4, 0.5) is 15.8 Å². The lowest BCUT2D eigenvalue weighted by atomic mass is 9.82. The molecule has 1 aliphatic carbocycles. The number of nitrogen functional groups attached to an aromatic ring is 1. The maximum Gasteiger partial charge on any atom is 0.230 e. The summed E-state index contributed by atoms with van der Waals surface area (Å²) in [4.78, 5) is 12.3. The van der Waals surface area contributed by atoms with Crippen LogP contribution in [0, 0.1) is 11.2 Å². The minimum atomic E-state index is -0.443. The summed E-state index contributed by atoms with van der Waals surface area (Å²) in [7, 11) is 0. The van der Waals surface area contributed by atoms with Gasteiger partial charge in [0.2, 0.25) is 5.91 Å². The first kappa shape index (κ1) is 12.9. The van der Waals surface area contributed by atoms with Crippen molar-refractivity contribution in [2.24, 2.45) is 5.41 Å². The number of carbonyl (C=O) groups is 1. The Morgan fingerprint density at radius 3 is 2.72 bits per heavy atom. The number of nitrogens with one attached hydrogen (secondary N) is 1. The van der Waals surface area contributed by atoms with Crippen molar-refractivity contribution in [1.29, 1.82) is 0 Å². The summed E-state index contributed by atoms with van der Waals surface area (Å²) in [5.74, 6) is -0.520. The normalized spacial score (nSPS) is 17.7.